The van der Waals surface area contributed by atoms with Crippen molar-refractivity contribution in [2.45, 2.75) is 30.3 Å². The summed E-state index contributed by atoms with van der Waals surface area (Å²) in [5.41, 5.74) is 6.37. The van der Waals surface area contributed by atoms with E-state index < -0.39 is 10.0 Å². The molecule has 1 saturated heterocycles. The van der Waals surface area contributed by atoms with E-state index in [-0.39, 0.29) is 10.9 Å². The highest BCUT2D eigenvalue weighted by molar-refractivity contribution is 9.10. The van der Waals surface area contributed by atoms with Gasteiger partial charge in [-0.25, -0.2) is 13.1 Å². The lowest BCUT2D eigenvalue weighted by atomic mass is 10.2. The largest absolute Gasteiger partial charge is 0.326 e. The average Bonchev–Trinajstić information content (AvgIpc) is 2.39. The van der Waals surface area contributed by atoms with Crippen molar-refractivity contribution in [3.05, 3.63) is 28.2 Å². The fourth-order valence-corrected chi connectivity index (χ4v) is 5.40. The van der Waals surface area contributed by atoms with Crippen molar-refractivity contribution >= 4 is 37.7 Å². The predicted octanol–water partition coefficient (Wildman–Crippen LogP) is 2.08. The van der Waals surface area contributed by atoms with Gasteiger partial charge in [0.1, 0.15) is 0 Å². The van der Waals surface area contributed by atoms with E-state index in [1.54, 1.807) is 12.1 Å². The van der Waals surface area contributed by atoms with E-state index >= 15 is 0 Å². The molecule has 3 N–H and O–H groups in total. The van der Waals surface area contributed by atoms with E-state index in [9.17, 15) is 8.42 Å². The van der Waals surface area contributed by atoms with Crippen molar-refractivity contribution in [3.8, 4) is 0 Å². The van der Waals surface area contributed by atoms with Gasteiger partial charge in [0.15, 0.2) is 0 Å². The van der Waals surface area contributed by atoms with E-state index in [0.717, 1.165) is 29.9 Å². The molecule has 0 radical (unpaired) electrons. The number of hydrogen-bond donors (Lipinski definition) is 2. The molecule has 0 atom stereocenters. The van der Waals surface area contributed by atoms with Crippen LogP contribution in [-0.4, -0.2) is 26.0 Å². The molecule has 1 aromatic carbocycles. The summed E-state index contributed by atoms with van der Waals surface area (Å²) >= 11 is 5.17. The molecule has 1 aromatic rings. The second-order valence-electron chi connectivity index (χ2n) is 4.48. The summed E-state index contributed by atoms with van der Waals surface area (Å²) in [4.78, 5) is 0.272. The lowest BCUT2D eigenvalue weighted by Gasteiger charge is -2.22. The van der Waals surface area contributed by atoms with Crippen molar-refractivity contribution in [1.29, 1.82) is 0 Å². The van der Waals surface area contributed by atoms with Crippen LogP contribution in [0.15, 0.2) is 27.6 Å². The minimum absolute atomic E-state index is 0.0414. The summed E-state index contributed by atoms with van der Waals surface area (Å²) in [6, 6.07) is 5.22. The van der Waals surface area contributed by atoms with Gasteiger partial charge in [-0.1, -0.05) is 6.07 Å². The number of benzene rings is 1. The average molecular weight is 365 g/mol. The van der Waals surface area contributed by atoms with Crippen LogP contribution >= 0.6 is 27.7 Å². The van der Waals surface area contributed by atoms with Gasteiger partial charge in [-0.3, -0.25) is 0 Å². The molecule has 106 valence electrons. The third-order valence-corrected chi connectivity index (χ3v) is 6.63. The van der Waals surface area contributed by atoms with Gasteiger partial charge in [0, 0.05) is 17.1 Å². The van der Waals surface area contributed by atoms with Gasteiger partial charge in [0.25, 0.3) is 0 Å². The number of hydrogen-bond acceptors (Lipinski definition) is 4. The first-order valence-corrected chi connectivity index (χ1v) is 9.54. The third-order valence-electron chi connectivity index (χ3n) is 3.06. The Morgan fingerprint density at radius 1 is 1.37 bits per heavy atom. The van der Waals surface area contributed by atoms with Crippen LogP contribution in [0, 0.1) is 0 Å². The smallest absolute Gasteiger partial charge is 0.241 e. The van der Waals surface area contributed by atoms with E-state index in [1.807, 2.05) is 17.8 Å². The highest BCUT2D eigenvalue weighted by atomic mass is 79.9. The van der Waals surface area contributed by atoms with Crippen LogP contribution in [0.4, 0.5) is 0 Å². The Labute approximate surface area is 126 Å². The SMILES string of the molecule is NCc1ccc(Br)c(S(=O)(=O)NC2CCSCC2)c1. The van der Waals surface area contributed by atoms with Crippen molar-refractivity contribution in [3.63, 3.8) is 0 Å². The van der Waals surface area contributed by atoms with Gasteiger partial charge in [-0.2, -0.15) is 11.8 Å². The van der Waals surface area contributed by atoms with Crippen LogP contribution in [0.3, 0.4) is 0 Å². The van der Waals surface area contributed by atoms with Crippen LogP contribution in [-0.2, 0) is 16.6 Å². The fraction of sp³-hybridized carbons (Fsp3) is 0.500. The van der Waals surface area contributed by atoms with E-state index in [2.05, 4.69) is 20.7 Å². The number of rotatable bonds is 4. The first kappa shape index (κ1) is 15.3. The number of halogens is 1. The predicted molar refractivity (Wildman–Crippen MR) is 82.7 cm³/mol. The Morgan fingerprint density at radius 2 is 2.05 bits per heavy atom. The number of nitrogens with two attached hydrogens (primary N) is 1. The second kappa shape index (κ2) is 6.58. The van der Waals surface area contributed by atoms with Gasteiger partial charge in [-0.05, 0) is 58.0 Å². The Kier molecular flexibility index (Phi) is 5.30. The molecule has 1 aliphatic heterocycles. The minimum atomic E-state index is -3.48. The van der Waals surface area contributed by atoms with Crippen LogP contribution in [0.1, 0.15) is 18.4 Å². The zero-order valence-corrected chi connectivity index (χ0v) is 13.7. The number of sulfonamides is 1. The number of nitrogens with one attached hydrogen (secondary N) is 1. The van der Waals surface area contributed by atoms with E-state index in [4.69, 9.17) is 5.73 Å². The van der Waals surface area contributed by atoms with Crippen LogP contribution < -0.4 is 10.5 Å². The molecule has 0 bridgehead atoms. The topological polar surface area (TPSA) is 72.2 Å². The lowest BCUT2D eigenvalue weighted by Crippen LogP contribution is -2.37. The molecule has 7 heteroatoms. The molecule has 1 aliphatic rings. The second-order valence-corrected chi connectivity index (χ2v) is 8.24. The maximum absolute atomic E-state index is 12.4. The molecular formula is C12H17BrN2O2S2. The van der Waals surface area contributed by atoms with Gasteiger partial charge in [-0.15, -0.1) is 0 Å². The molecular weight excluding hydrogens is 348 g/mol. The summed E-state index contributed by atoms with van der Waals surface area (Å²) in [5.74, 6) is 2.02. The Morgan fingerprint density at radius 3 is 2.68 bits per heavy atom. The molecule has 0 aliphatic carbocycles. The van der Waals surface area contributed by atoms with Crippen LogP contribution in [0.2, 0.25) is 0 Å². The summed E-state index contributed by atoms with van der Waals surface area (Å²) in [5, 5.41) is 0. The summed E-state index contributed by atoms with van der Waals surface area (Å²) in [6.45, 7) is 0.329. The maximum Gasteiger partial charge on any atom is 0.241 e. The molecule has 0 spiro atoms. The molecule has 4 nitrogen and oxygen atoms in total. The lowest BCUT2D eigenvalue weighted by molar-refractivity contribution is 0.528. The standard InChI is InChI=1S/C12H17BrN2O2S2/c13-11-2-1-9(8-14)7-12(11)19(16,17)15-10-3-5-18-6-4-10/h1-2,7,10,15H,3-6,8,14H2. The Bertz CT molecular complexity index is 543. The third kappa shape index (κ3) is 3.95. The van der Waals surface area contributed by atoms with Crippen LogP contribution in [0.25, 0.3) is 0 Å². The molecule has 2 rings (SSSR count). The van der Waals surface area contributed by atoms with Gasteiger partial charge < -0.3 is 5.73 Å². The molecule has 1 fully saturated rings. The van der Waals surface area contributed by atoms with Crippen molar-refractivity contribution in [1.82, 2.24) is 4.72 Å². The first-order valence-electron chi connectivity index (χ1n) is 6.11. The van der Waals surface area contributed by atoms with Crippen LogP contribution in [0.5, 0.6) is 0 Å². The molecule has 1 heterocycles. The molecule has 0 amide bonds. The van der Waals surface area contributed by atoms with E-state index in [1.165, 1.54) is 0 Å². The highest BCUT2D eigenvalue weighted by Gasteiger charge is 2.23. The van der Waals surface area contributed by atoms with Gasteiger partial charge >= 0.3 is 0 Å². The first-order chi connectivity index (χ1) is 9.03. The zero-order chi connectivity index (χ0) is 13.9. The van der Waals surface area contributed by atoms with Crippen molar-refractivity contribution in [2.75, 3.05) is 11.5 Å². The number of thioether (sulfide) groups is 1. The van der Waals surface area contributed by atoms with Gasteiger partial charge in [0.05, 0.1) is 4.90 Å². The molecule has 0 unspecified atom stereocenters. The van der Waals surface area contributed by atoms with Crippen molar-refractivity contribution < 1.29 is 8.42 Å². The minimum Gasteiger partial charge on any atom is -0.326 e. The fourth-order valence-electron chi connectivity index (χ4n) is 1.98. The quantitative estimate of drug-likeness (QED) is 0.857. The molecule has 0 saturated carbocycles. The van der Waals surface area contributed by atoms with Gasteiger partial charge in [0.2, 0.25) is 10.0 Å². The van der Waals surface area contributed by atoms with Crippen molar-refractivity contribution in [2.24, 2.45) is 5.73 Å². The normalized spacial score (nSPS) is 17.6. The Hall–Kier alpha value is -0.0800. The zero-order valence-electron chi connectivity index (χ0n) is 10.4. The highest BCUT2D eigenvalue weighted by Crippen LogP contribution is 2.25. The molecule has 0 aromatic heterocycles. The summed E-state index contributed by atoms with van der Waals surface area (Å²) in [7, 11) is -3.48. The Balaban J connectivity index is 2.23. The molecule has 19 heavy (non-hydrogen) atoms. The summed E-state index contributed by atoms with van der Waals surface area (Å²) in [6.07, 6.45) is 1.77. The summed E-state index contributed by atoms with van der Waals surface area (Å²) < 4.78 is 28.2. The van der Waals surface area contributed by atoms with E-state index in [0.29, 0.717) is 11.0 Å². The monoisotopic (exact) mass is 364 g/mol. The maximum atomic E-state index is 12.4.